The molecule has 0 aromatic rings. The number of hydrogen-bond acceptors (Lipinski definition) is 2. The molecule has 2 heteroatoms. The minimum absolute atomic E-state index is 0.379. The SMILES string of the molecule is OC1=CC=C(C2CO2)CC1. The molecule has 0 bridgehead atoms. The van der Waals surface area contributed by atoms with Crippen molar-refractivity contribution < 1.29 is 9.84 Å². The summed E-state index contributed by atoms with van der Waals surface area (Å²) < 4.78 is 5.10. The smallest absolute Gasteiger partial charge is 0.102 e. The highest BCUT2D eigenvalue weighted by molar-refractivity contribution is 5.25. The largest absolute Gasteiger partial charge is 0.512 e. The van der Waals surface area contributed by atoms with E-state index in [2.05, 4.69) is 0 Å². The van der Waals surface area contributed by atoms with Gasteiger partial charge in [0.2, 0.25) is 0 Å². The highest BCUT2D eigenvalue weighted by atomic mass is 16.6. The molecule has 0 saturated carbocycles. The highest BCUT2D eigenvalue weighted by Crippen LogP contribution is 2.27. The van der Waals surface area contributed by atoms with Gasteiger partial charge in [-0.05, 0) is 18.1 Å². The molecule has 54 valence electrons. The molecule has 1 fully saturated rings. The van der Waals surface area contributed by atoms with Gasteiger partial charge in [0, 0.05) is 6.42 Å². The molecule has 2 rings (SSSR count). The zero-order valence-electron chi connectivity index (χ0n) is 5.71. The summed E-state index contributed by atoms with van der Waals surface area (Å²) in [4.78, 5) is 0. The summed E-state index contributed by atoms with van der Waals surface area (Å²) in [7, 11) is 0. The molecule has 2 aliphatic rings. The fourth-order valence-electron chi connectivity index (χ4n) is 1.17. The number of aliphatic hydroxyl groups is 1. The Morgan fingerprint density at radius 1 is 1.40 bits per heavy atom. The van der Waals surface area contributed by atoms with Crippen LogP contribution in [0, 0.1) is 0 Å². The van der Waals surface area contributed by atoms with Gasteiger partial charge in [0.25, 0.3) is 0 Å². The Labute approximate surface area is 59.8 Å². The van der Waals surface area contributed by atoms with E-state index in [1.807, 2.05) is 6.08 Å². The van der Waals surface area contributed by atoms with Crippen LogP contribution in [0.5, 0.6) is 0 Å². The van der Waals surface area contributed by atoms with E-state index in [4.69, 9.17) is 9.84 Å². The first-order chi connectivity index (χ1) is 4.86. The molecule has 0 aromatic heterocycles. The molecular weight excluding hydrogens is 128 g/mol. The molecule has 0 radical (unpaired) electrons. The topological polar surface area (TPSA) is 32.8 Å². The van der Waals surface area contributed by atoms with Gasteiger partial charge in [0.15, 0.2) is 0 Å². The zero-order valence-corrected chi connectivity index (χ0v) is 5.71. The van der Waals surface area contributed by atoms with E-state index in [0.29, 0.717) is 11.9 Å². The predicted octanol–water partition coefficient (Wildman–Crippen LogP) is 1.55. The molecule has 1 aliphatic heterocycles. The van der Waals surface area contributed by atoms with Crippen molar-refractivity contribution in [1.29, 1.82) is 0 Å². The van der Waals surface area contributed by atoms with Gasteiger partial charge in [-0.15, -0.1) is 0 Å². The fraction of sp³-hybridized carbons (Fsp3) is 0.500. The van der Waals surface area contributed by atoms with Gasteiger partial charge in [-0.3, -0.25) is 0 Å². The van der Waals surface area contributed by atoms with Crippen LogP contribution in [0.15, 0.2) is 23.5 Å². The van der Waals surface area contributed by atoms with Crippen molar-refractivity contribution in [2.24, 2.45) is 0 Å². The van der Waals surface area contributed by atoms with Gasteiger partial charge in [-0.1, -0.05) is 6.08 Å². The normalized spacial score (nSPS) is 31.0. The third-order valence-electron chi connectivity index (χ3n) is 1.91. The van der Waals surface area contributed by atoms with Gasteiger partial charge in [-0.2, -0.15) is 0 Å². The van der Waals surface area contributed by atoms with Crippen molar-refractivity contribution in [2.45, 2.75) is 18.9 Å². The summed E-state index contributed by atoms with van der Waals surface area (Å²) in [5.41, 5.74) is 1.33. The van der Waals surface area contributed by atoms with E-state index >= 15 is 0 Å². The zero-order chi connectivity index (χ0) is 6.97. The lowest BCUT2D eigenvalue weighted by atomic mass is 10.0. The number of allylic oxidation sites excluding steroid dienone is 3. The van der Waals surface area contributed by atoms with Gasteiger partial charge in [0.05, 0.1) is 12.4 Å². The number of epoxide rings is 1. The second kappa shape index (κ2) is 2.13. The minimum atomic E-state index is 0.379. The van der Waals surface area contributed by atoms with Crippen molar-refractivity contribution in [1.82, 2.24) is 0 Å². The van der Waals surface area contributed by atoms with Gasteiger partial charge in [0.1, 0.15) is 6.10 Å². The number of rotatable bonds is 1. The standard InChI is InChI=1S/C8H10O2/c9-7-3-1-6(2-4-7)8-5-10-8/h1,3,8-9H,2,4-5H2. The van der Waals surface area contributed by atoms with Crippen LogP contribution in [0.2, 0.25) is 0 Å². The van der Waals surface area contributed by atoms with Gasteiger partial charge in [-0.25, -0.2) is 0 Å². The Kier molecular flexibility index (Phi) is 1.27. The molecule has 10 heavy (non-hydrogen) atoms. The van der Waals surface area contributed by atoms with Crippen LogP contribution in [0.1, 0.15) is 12.8 Å². The molecule has 0 amide bonds. The third-order valence-corrected chi connectivity index (χ3v) is 1.91. The summed E-state index contributed by atoms with van der Waals surface area (Å²) in [6.45, 7) is 0.875. The molecule has 1 atom stereocenters. The van der Waals surface area contributed by atoms with Crippen LogP contribution >= 0.6 is 0 Å². The molecular formula is C8H10O2. The average Bonchev–Trinajstić information content (AvgIpc) is 2.71. The maximum Gasteiger partial charge on any atom is 0.102 e. The summed E-state index contributed by atoms with van der Waals surface area (Å²) in [6.07, 6.45) is 5.86. The molecule has 1 N–H and O–H groups in total. The Morgan fingerprint density at radius 3 is 2.70 bits per heavy atom. The van der Waals surface area contributed by atoms with Gasteiger partial charge >= 0.3 is 0 Å². The Morgan fingerprint density at radius 2 is 2.20 bits per heavy atom. The quantitative estimate of drug-likeness (QED) is 0.557. The van der Waals surface area contributed by atoms with Crippen molar-refractivity contribution >= 4 is 0 Å². The Balaban J connectivity index is 2.09. The minimum Gasteiger partial charge on any atom is -0.512 e. The monoisotopic (exact) mass is 138 g/mol. The van der Waals surface area contributed by atoms with Crippen molar-refractivity contribution in [2.75, 3.05) is 6.61 Å². The van der Waals surface area contributed by atoms with Crippen molar-refractivity contribution in [3.8, 4) is 0 Å². The van der Waals surface area contributed by atoms with E-state index in [1.165, 1.54) is 5.57 Å². The summed E-state index contributed by atoms with van der Waals surface area (Å²) in [5, 5.41) is 9.00. The van der Waals surface area contributed by atoms with Crippen LogP contribution in [0.25, 0.3) is 0 Å². The van der Waals surface area contributed by atoms with E-state index in [1.54, 1.807) is 6.08 Å². The van der Waals surface area contributed by atoms with E-state index in [-0.39, 0.29) is 0 Å². The van der Waals surface area contributed by atoms with Crippen LogP contribution in [0.4, 0.5) is 0 Å². The Bertz CT molecular complexity index is 199. The van der Waals surface area contributed by atoms with Crippen LogP contribution in [0.3, 0.4) is 0 Å². The lowest BCUT2D eigenvalue weighted by Gasteiger charge is -2.07. The first kappa shape index (κ1) is 5.98. The molecule has 1 heterocycles. The fourth-order valence-corrected chi connectivity index (χ4v) is 1.17. The molecule has 0 aromatic carbocycles. The Hall–Kier alpha value is -0.760. The van der Waals surface area contributed by atoms with Crippen molar-refractivity contribution in [3.63, 3.8) is 0 Å². The third kappa shape index (κ3) is 1.07. The number of aliphatic hydroxyl groups excluding tert-OH is 1. The maximum atomic E-state index is 9.00. The molecule has 0 spiro atoms. The van der Waals surface area contributed by atoms with Gasteiger partial charge < -0.3 is 9.84 Å². The summed E-state index contributed by atoms with van der Waals surface area (Å²) >= 11 is 0. The highest BCUT2D eigenvalue weighted by Gasteiger charge is 2.27. The van der Waals surface area contributed by atoms with Crippen LogP contribution in [-0.2, 0) is 4.74 Å². The van der Waals surface area contributed by atoms with E-state index < -0.39 is 0 Å². The predicted molar refractivity (Wildman–Crippen MR) is 37.8 cm³/mol. The second-order valence-electron chi connectivity index (χ2n) is 2.72. The van der Waals surface area contributed by atoms with E-state index in [0.717, 1.165) is 19.4 Å². The second-order valence-corrected chi connectivity index (χ2v) is 2.72. The molecule has 1 aliphatic carbocycles. The van der Waals surface area contributed by atoms with E-state index in [9.17, 15) is 0 Å². The van der Waals surface area contributed by atoms with Crippen LogP contribution < -0.4 is 0 Å². The molecule has 2 nitrogen and oxygen atoms in total. The number of ether oxygens (including phenoxy) is 1. The maximum absolute atomic E-state index is 9.00. The van der Waals surface area contributed by atoms with Crippen molar-refractivity contribution in [3.05, 3.63) is 23.5 Å². The molecule has 1 saturated heterocycles. The summed E-state index contributed by atoms with van der Waals surface area (Å²) in [6, 6.07) is 0. The van der Waals surface area contributed by atoms with Crippen LogP contribution in [-0.4, -0.2) is 17.8 Å². The lowest BCUT2D eigenvalue weighted by Crippen LogP contribution is -1.98. The first-order valence-corrected chi connectivity index (χ1v) is 3.56. The number of hydrogen-bond donors (Lipinski definition) is 1. The average molecular weight is 138 g/mol. The lowest BCUT2D eigenvalue weighted by molar-refractivity contribution is 0.378. The summed E-state index contributed by atoms with van der Waals surface area (Å²) in [5.74, 6) is 0.490. The molecule has 1 unspecified atom stereocenters. The first-order valence-electron chi connectivity index (χ1n) is 3.56.